The summed E-state index contributed by atoms with van der Waals surface area (Å²) in [6, 6.07) is 6.95. The van der Waals surface area contributed by atoms with Gasteiger partial charge in [0.1, 0.15) is 13.1 Å². The van der Waals surface area contributed by atoms with Crippen molar-refractivity contribution in [2.45, 2.75) is 13.0 Å². The molecule has 5 heteroatoms. The lowest BCUT2D eigenvalue weighted by Gasteiger charge is -2.40. The monoisotopic (exact) mass is 289 g/mol. The van der Waals surface area contributed by atoms with Crippen molar-refractivity contribution < 1.29 is 18.8 Å². The van der Waals surface area contributed by atoms with Gasteiger partial charge in [-0.2, -0.15) is 0 Å². The zero-order chi connectivity index (χ0) is 15.0. The van der Waals surface area contributed by atoms with E-state index in [0.717, 1.165) is 37.3 Å². The van der Waals surface area contributed by atoms with Crippen LogP contribution in [0.2, 0.25) is 0 Å². The third-order valence-corrected chi connectivity index (χ3v) is 4.52. The first-order valence-electron chi connectivity index (χ1n) is 7.40. The van der Waals surface area contributed by atoms with Crippen LogP contribution in [0.3, 0.4) is 0 Å². The van der Waals surface area contributed by atoms with E-state index in [4.69, 9.17) is 4.74 Å². The number of carbonyl (C=O) groups is 2. The highest BCUT2D eigenvalue weighted by molar-refractivity contribution is 6.21. The van der Waals surface area contributed by atoms with Crippen LogP contribution in [0.1, 0.15) is 27.6 Å². The molecule has 21 heavy (non-hydrogen) atoms. The fourth-order valence-corrected chi connectivity index (χ4v) is 3.29. The Hall–Kier alpha value is -1.72. The third-order valence-electron chi connectivity index (χ3n) is 4.52. The van der Waals surface area contributed by atoms with Crippen LogP contribution in [-0.4, -0.2) is 67.1 Å². The lowest BCUT2D eigenvalue weighted by atomic mass is 10.1. The van der Waals surface area contributed by atoms with Crippen molar-refractivity contribution in [2.75, 3.05) is 39.9 Å². The Labute approximate surface area is 124 Å². The third kappa shape index (κ3) is 2.47. The molecule has 0 aromatic heterocycles. The van der Waals surface area contributed by atoms with Gasteiger partial charge in [0.2, 0.25) is 0 Å². The van der Waals surface area contributed by atoms with Crippen LogP contribution >= 0.6 is 0 Å². The fourth-order valence-electron chi connectivity index (χ4n) is 3.29. The maximum absolute atomic E-state index is 12.5. The molecule has 5 nitrogen and oxygen atoms in total. The summed E-state index contributed by atoms with van der Waals surface area (Å²) in [5.74, 6) is -0.328. The smallest absolute Gasteiger partial charge is 0.262 e. The molecule has 2 amide bonds. The SMILES string of the molecule is C[C@H](C[N+]1(C)CCOCC1)N1C(=O)c2ccccc2C1=O. The summed E-state index contributed by atoms with van der Waals surface area (Å²) in [4.78, 5) is 26.4. The molecule has 112 valence electrons. The molecule has 2 heterocycles. The average Bonchev–Trinajstić information content (AvgIpc) is 2.72. The number of amides is 2. The number of fused-ring (bicyclic) bond motifs is 1. The lowest BCUT2D eigenvalue weighted by Crippen LogP contribution is -2.58. The minimum absolute atomic E-state index is 0.111. The molecular formula is C16H21N2O3+. The summed E-state index contributed by atoms with van der Waals surface area (Å²) in [6.45, 7) is 6.06. The Bertz CT molecular complexity index is 544. The second kappa shape index (κ2) is 5.24. The van der Waals surface area contributed by atoms with E-state index in [1.54, 1.807) is 24.3 Å². The van der Waals surface area contributed by atoms with Crippen molar-refractivity contribution in [1.82, 2.24) is 4.90 Å². The highest BCUT2D eigenvalue weighted by atomic mass is 16.5. The summed E-state index contributed by atoms with van der Waals surface area (Å²) in [5.41, 5.74) is 1.05. The molecule has 1 aromatic rings. The Morgan fingerprint density at radius 3 is 2.19 bits per heavy atom. The zero-order valence-electron chi connectivity index (χ0n) is 12.5. The van der Waals surface area contributed by atoms with Crippen molar-refractivity contribution in [1.29, 1.82) is 0 Å². The number of nitrogens with zero attached hydrogens (tertiary/aromatic N) is 2. The molecule has 2 aliphatic heterocycles. The molecule has 1 aromatic carbocycles. The molecule has 1 atom stereocenters. The molecule has 0 N–H and O–H groups in total. The van der Waals surface area contributed by atoms with E-state index in [-0.39, 0.29) is 17.9 Å². The molecule has 2 aliphatic rings. The first kappa shape index (κ1) is 14.2. The number of hydrogen-bond acceptors (Lipinski definition) is 3. The predicted octanol–water partition coefficient (Wildman–Crippen LogP) is 1.15. The van der Waals surface area contributed by atoms with E-state index in [1.807, 2.05) is 6.92 Å². The summed E-state index contributed by atoms with van der Waals surface area (Å²) in [5, 5.41) is 0. The summed E-state index contributed by atoms with van der Waals surface area (Å²) >= 11 is 0. The van der Waals surface area contributed by atoms with Crippen LogP contribution in [0.5, 0.6) is 0 Å². The summed E-state index contributed by atoms with van der Waals surface area (Å²) < 4.78 is 6.24. The normalized spacial score (nSPS) is 22.3. The number of imide groups is 1. The van der Waals surface area contributed by atoms with Gasteiger partial charge >= 0.3 is 0 Å². The quantitative estimate of drug-likeness (QED) is 0.619. The first-order valence-corrected chi connectivity index (χ1v) is 7.40. The van der Waals surface area contributed by atoms with Gasteiger partial charge in [-0.25, -0.2) is 0 Å². The number of morpholine rings is 1. The fraction of sp³-hybridized carbons (Fsp3) is 0.500. The Balaban J connectivity index is 1.78. The van der Waals surface area contributed by atoms with E-state index < -0.39 is 0 Å². The van der Waals surface area contributed by atoms with Crippen molar-refractivity contribution >= 4 is 11.8 Å². The average molecular weight is 289 g/mol. The number of carbonyl (C=O) groups excluding carboxylic acids is 2. The van der Waals surface area contributed by atoms with Gasteiger partial charge in [-0.05, 0) is 19.1 Å². The van der Waals surface area contributed by atoms with Crippen molar-refractivity contribution in [3.8, 4) is 0 Å². The molecular weight excluding hydrogens is 268 g/mol. The highest BCUT2D eigenvalue weighted by Crippen LogP contribution is 2.25. The van der Waals surface area contributed by atoms with E-state index in [2.05, 4.69) is 7.05 Å². The van der Waals surface area contributed by atoms with E-state index in [0.29, 0.717) is 11.1 Å². The van der Waals surface area contributed by atoms with Gasteiger partial charge in [0.25, 0.3) is 11.8 Å². The van der Waals surface area contributed by atoms with Gasteiger partial charge in [0.15, 0.2) is 0 Å². The summed E-state index contributed by atoms with van der Waals surface area (Å²) in [7, 11) is 2.16. The Morgan fingerprint density at radius 1 is 1.14 bits per heavy atom. The second-order valence-electron chi connectivity index (χ2n) is 6.24. The largest absolute Gasteiger partial charge is 0.370 e. The number of rotatable bonds is 3. The number of likely N-dealkylation sites (N-methyl/N-ethyl adjacent to an activating group) is 1. The molecule has 1 fully saturated rings. The topological polar surface area (TPSA) is 46.6 Å². The van der Waals surface area contributed by atoms with Crippen LogP contribution in [0, 0.1) is 0 Å². The number of ether oxygens (including phenoxy) is 1. The standard InChI is InChI=1S/C16H21N2O3/c1-12(11-18(2)7-9-21-10-8-18)17-15(19)13-5-3-4-6-14(13)16(17)20/h3-6,12H,7-11H2,1-2H3/q+1/t12-/m1/s1. The van der Waals surface area contributed by atoms with Crippen molar-refractivity contribution in [3.63, 3.8) is 0 Å². The van der Waals surface area contributed by atoms with Crippen LogP contribution in [0.4, 0.5) is 0 Å². The van der Waals surface area contributed by atoms with Gasteiger partial charge in [-0.15, -0.1) is 0 Å². The van der Waals surface area contributed by atoms with E-state index in [9.17, 15) is 9.59 Å². The summed E-state index contributed by atoms with van der Waals surface area (Å²) in [6.07, 6.45) is 0. The maximum Gasteiger partial charge on any atom is 0.262 e. The minimum Gasteiger partial charge on any atom is -0.370 e. The molecule has 0 saturated carbocycles. The molecule has 0 spiro atoms. The molecule has 0 bridgehead atoms. The number of hydrogen-bond donors (Lipinski definition) is 0. The van der Waals surface area contributed by atoms with Crippen LogP contribution < -0.4 is 0 Å². The van der Waals surface area contributed by atoms with Gasteiger partial charge in [-0.1, -0.05) is 12.1 Å². The van der Waals surface area contributed by atoms with Crippen LogP contribution in [0.25, 0.3) is 0 Å². The number of benzene rings is 1. The predicted molar refractivity (Wildman–Crippen MR) is 78.0 cm³/mol. The maximum atomic E-state index is 12.5. The molecule has 1 saturated heterocycles. The first-order chi connectivity index (χ1) is 10.0. The molecule has 3 rings (SSSR count). The Kier molecular flexibility index (Phi) is 3.55. The van der Waals surface area contributed by atoms with Crippen molar-refractivity contribution in [2.24, 2.45) is 0 Å². The van der Waals surface area contributed by atoms with Crippen molar-refractivity contribution in [3.05, 3.63) is 35.4 Å². The highest BCUT2D eigenvalue weighted by Gasteiger charge is 2.41. The zero-order valence-corrected chi connectivity index (χ0v) is 12.5. The lowest BCUT2D eigenvalue weighted by molar-refractivity contribution is -0.918. The molecule has 0 radical (unpaired) electrons. The Morgan fingerprint density at radius 2 is 1.67 bits per heavy atom. The number of quaternary nitrogens is 1. The molecule has 0 unspecified atom stereocenters. The van der Waals surface area contributed by atoms with Gasteiger partial charge in [-0.3, -0.25) is 14.5 Å². The van der Waals surface area contributed by atoms with Crippen LogP contribution in [-0.2, 0) is 4.74 Å². The minimum atomic E-state index is -0.164. The van der Waals surface area contributed by atoms with Gasteiger partial charge in [0, 0.05) is 0 Å². The van der Waals surface area contributed by atoms with Gasteiger partial charge in [0.05, 0.1) is 44.0 Å². The van der Waals surface area contributed by atoms with Crippen LogP contribution in [0.15, 0.2) is 24.3 Å². The van der Waals surface area contributed by atoms with Gasteiger partial charge < -0.3 is 9.22 Å². The second-order valence-corrected chi connectivity index (χ2v) is 6.24. The molecule has 0 aliphatic carbocycles. The van der Waals surface area contributed by atoms with E-state index >= 15 is 0 Å². The van der Waals surface area contributed by atoms with E-state index in [1.165, 1.54) is 4.90 Å².